The number of aliphatic hydroxyl groups is 1. The maximum absolute atomic E-state index is 12.1. The monoisotopic (exact) mass is 350 g/mol. The average molecular weight is 351 g/mol. The van der Waals surface area contributed by atoms with E-state index in [0.717, 1.165) is 11.1 Å². The molecular weight excluding hydrogens is 332 g/mol. The van der Waals surface area contributed by atoms with Crippen molar-refractivity contribution < 1.29 is 14.6 Å². The second-order valence-corrected chi connectivity index (χ2v) is 6.91. The average Bonchev–Trinajstić information content (AvgIpc) is 2.60. The first kappa shape index (κ1) is 17.9. The van der Waals surface area contributed by atoms with Gasteiger partial charge in [-0.1, -0.05) is 61.0 Å². The van der Waals surface area contributed by atoms with E-state index in [4.69, 9.17) is 16.3 Å². The van der Waals surface area contributed by atoms with Crippen molar-refractivity contribution in [2.45, 2.75) is 17.8 Å². The van der Waals surface area contributed by atoms with Gasteiger partial charge in [0, 0.05) is 5.02 Å². The van der Waals surface area contributed by atoms with Crippen LogP contribution in [-0.2, 0) is 14.3 Å². The van der Waals surface area contributed by atoms with Crippen molar-refractivity contribution in [3.8, 4) is 0 Å². The Kier molecular flexibility index (Phi) is 6.10. The summed E-state index contributed by atoms with van der Waals surface area (Å²) in [5, 5.41) is 11.4. The summed E-state index contributed by atoms with van der Waals surface area (Å²) >= 11 is 7.49. The van der Waals surface area contributed by atoms with Gasteiger partial charge in [-0.05, 0) is 29.0 Å². The van der Waals surface area contributed by atoms with E-state index in [1.165, 1.54) is 18.9 Å². The zero-order valence-corrected chi connectivity index (χ0v) is 14.6. The molecule has 3 nitrogen and oxygen atoms in total. The molecule has 2 aromatic carbocycles. The van der Waals surface area contributed by atoms with E-state index in [-0.39, 0.29) is 0 Å². The Hall–Kier alpha value is -1.49. The maximum Gasteiger partial charge on any atom is 0.336 e. The standard InChI is InChI=1S/C18H19ClO3S/c1-3-23-18(16(20)17(21)22-2,13-7-5-4-6-8-13)14-9-11-15(19)12-10-14/h4-12,16,20H,3H2,1-2H3/t16-,18-/m1/s1. The molecule has 2 atom stereocenters. The highest BCUT2D eigenvalue weighted by molar-refractivity contribution is 8.00. The maximum atomic E-state index is 12.1. The number of carbonyl (C=O) groups excluding carboxylic acids is 1. The fourth-order valence-corrected chi connectivity index (χ4v) is 4.06. The molecule has 0 aromatic heterocycles. The minimum Gasteiger partial charge on any atom is -0.467 e. The van der Waals surface area contributed by atoms with Gasteiger partial charge in [-0.25, -0.2) is 4.79 Å². The van der Waals surface area contributed by atoms with Gasteiger partial charge < -0.3 is 9.84 Å². The zero-order valence-electron chi connectivity index (χ0n) is 13.0. The summed E-state index contributed by atoms with van der Waals surface area (Å²) in [5.41, 5.74) is 1.64. The molecule has 0 unspecified atom stereocenters. The number of thioether (sulfide) groups is 1. The van der Waals surface area contributed by atoms with Crippen molar-refractivity contribution in [3.05, 3.63) is 70.7 Å². The summed E-state index contributed by atoms with van der Waals surface area (Å²) in [6, 6.07) is 16.7. The van der Waals surface area contributed by atoms with Crippen LogP contribution < -0.4 is 0 Å². The van der Waals surface area contributed by atoms with Gasteiger partial charge in [-0.3, -0.25) is 0 Å². The van der Waals surface area contributed by atoms with Crippen LogP contribution in [0.2, 0.25) is 5.02 Å². The summed E-state index contributed by atoms with van der Waals surface area (Å²) in [4.78, 5) is 12.1. The third-order valence-corrected chi connectivity index (χ3v) is 5.35. The van der Waals surface area contributed by atoms with Crippen molar-refractivity contribution in [1.82, 2.24) is 0 Å². The minimum atomic E-state index is -1.33. The summed E-state index contributed by atoms with van der Waals surface area (Å²) in [6.45, 7) is 1.99. The molecular formula is C18H19ClO3S. The molecule has 0 saturated heterocycles. The molecule has 0 aliphatic heterocycles. The molecule has 2 aromatic rings. The third-order valence-electron chi connectivity index (χ3n) is 3.66. The fraction of sp³-hybridized carbons (Fsp3) is 0.278. The number of ether oxygens (including phenoxy) is 1. The van der Waals surface area contributed by atoms with Crippen LogP contribution in [0.1, 0.15) is 18.1 Å². The molecule has 2 rings (SSSR count). The van der Waals surface area contributed by atoms with Crippen LogP contribution in [0, 0.1) is 0 Å². The first-order chi connectivity index (χ1) is 11.1. The number of aliphatic hydroxyl groups excluding tert-OH is 1. The Morgan fingerprint density at radius 3 is 2.26 bits per heavy atom. The first-order valence-corrected chi connectivity index (χ1v) is 8.64. The minimum absolute atomic E-state index is 0.602. The summed E-state index contributed by atoms with van der Waals surface area (Å²) in [5.74, 6) is 0.0516. The van der Waals surface area contributed by atoms with Crippen LogP contribution in [0.3, 0.4) is 0 Å². The number of halogens is 1. The van der Waals surface area contributed by atoms with Crippen LogP contribution >= 0.6 is 23.4 Å². The predicted molar refractivity (Wildman–Crippen MR) is 94.8 cm³/mol. The Morgan fingerprint density at radius 2 is 1.74 bits per heavy atom. The highest BCUT2D eigenvalue weighted by Gasteiger charge is 2.46. The second-order valence-electron chi connectivity index (χ2n) is 4.97. The molecule has 0 radical (unpaired) electrons. The molecule has 122 valence electrons. The molecule has 1 N–H and O–H groups in total. The molecule has 23 heavy (non-hydrogen) atoms. The lowest BCUT2D eigenvalue weighted by atomic mass is 9.85. The lowest BCUT2D eigenvalue weighted by Gasteiger charge is -2.37. The van der Waals surface area contributed by atoms with E-state index in [1.807, 2.05) is 49.4 Å². The molecule has 0 bridgehead atoms. The molecule has 0 saturated carbocycles. The van der Waals surface area contributed by atoms with Crippen molar-refractivity contribution in [2.24, 2.45) is 0 Å². The van der Waals surface area contributed by atoms with Gasteiger partial charge in [-0.15, -0.1) is 11.8 Å². The number of carbonyl (C=O) groups is 1. The van der Waals surface area contributed by atoms with Gasteiger partial charge >= 0.3 is 5.97 Å². The van der Waals surface area contributed by atoms with Gasteiger partial charge in [-0.2, -0.15) is 0 Å². The Morgan fingerprint density at radius 1 is 1.17 bits per heavy atom. The van der Waals surface area contributed by atoms with Crippen LogP contribution in [0.5, 0.6) is 0 Å². The van der Waals surface area contributed by atoms with Crippen molar-refractivity contribution >= 4 is 29.3 Å². The molecule has 0 aliphatic carbocycles. The predicted octanol–water partition coefficient (Wildman–Crippen LogP) is 3.87. The molecule has 0 aliphatic rings. The van der Waals surface area contributed by atoms with E-state index in [0.29, 0.717) is 10.8 Å². The molecule has 0 amide bonds. The number of rotatable bonds is 6. The Labute approximate surface area is 145 Å². The van der Waals surface area contributed by atoms with Gasteiger partial charge in [0.2, 0.25) is 0 Å². The van der Waals surface area contributed by atoms with E-state index in [2.05, 4.69) is 0 Å². The SMILES string of the molecule is CCS[C@](c1ccccc1)(c1ccc(Cl)cc1)[C@H](O)C(=O)OC. The molecule has 0 fully saturated rings. The largest absolute Gasteiger partial charge is 0.467 e. The lowest BCUT2D eigenvalue weighted by molar-refractivity contribution is -0.151. The number of benzene rings is 2. The molecule has 0 heterocycles. The van der Waals surface area contributed by atoms with Gasteiger partial charge in [0.05, 0.1) is 7.11 Å². The van der Waals surface area contributed by atoms with Gasteiger partial charge in [0.25, 0.3) is 0 Å². The highest BCUT2D eigenvalue weighted by Crippen LogP contribution is 2.46. The van der Waals surface area contributed by atoms with Crippen LogP contribution in [0.25, 0.3) is 0 Å². The first-order valence-electron chi connectivity index (χ1n) is 7.27. The number of hydrogen-bond donors (Lipinski definition) is 1. The summed E-state index contributed by atoms with van der Waals surface area (Å²) < 4.78 is 3.85. The second kappa shape index (κ2) is 7.86. The summed E-state index contributed by atoms with van der Waals surface area (Å²) in [6.07, 6.45) is -1.33. The van der Waals surface area contributed by atoms with E-state index < -0.39 is 16.8 Å². The van der Waals surface area contributed by atoms with E-state index in [9.17, 15) is 9.90 Å². The number of esters is 1. The normalized spacial score (nSPS) is 14.8. The number of hydrogen-bond acceptors (Lipinski definition) is 4. The van der Waals surface area contributed by atoms with Crippen LogP contribution in [-0.4, -0.2) is 30.0 Å². The molecule has 5 heteroatoms. The van der Waals surface area contributed by atoms with E-state index >= 15 is 0 Å². The lowest BCUT2D eigenvalue weighted by Crippen LogP contribution is -2.44. The van der Waals surface area contributed by atoms with Crippen LogP contribution in [0.15, 0.2) is 54.6 Å². The smallest absolute Gasteiger partial charge is 0.336 e. The quantitative estimate of drug-likeness (QED) is 0.803. The third kappa shape index (κ3) is 3.55. The Balaban J connectivity index is 2.69. The Bertz CT molecular complexity index is 645. The fourth-order valence-electron chi connectivity index (χ4n) is 2.62. The highest BCUT2D eigenvalue weighted by atomic mass is 35.5. The summed E-state index contributed by atoms with van der Waals surface area (Å²) in [7, 11) is 1.28. The van der Waals surface area contributed by atoms with Crippen molar-refractivity contribution in [2.75, 3.05) is 12.9 Å². The van der Waals surface area contributed by atoms with Crippen molar-refractivity contribution in [1.29, 1.82) is 0 Å². The zero-order chi connectivity index (χ0) is 16.9. The van der Waals surface area contributed by atoms with Gasteiger partial charge in [0.15, 0.2) is 6.10 Å². The molecule has 0 spiro atoms. The van der Waals surface area contributed by atoms with Gasteiger partial charge in [0.1, 0.15) is 4.75 Å². The van der Waals surface area contributed by atoms with Crippen molar-refractivity contribution in [3.63, 3.8) is 0 Å². The topological polar surface area (TPSA) is 46.5 Å². The van der Waals surface area contributed by atoms with Crippen LogP contribution in [0.4, 0.5) is 0 Å². The van der Waals surface area contributed by atoms with E-state index in [1.54, 1.807) is 12.1 Å². The number of methoxy groups -OCH3 is 1.